The highest BCUT2D eigenvalue weighted by molar-refractivity contribution is 6.30. The number of hydrogen-bond donors (Lipinski definition) is 1. The SMILES string of the molecule is Cc1cc(=O)n(CC(=O)NC(C)C)c(C)c1C(=O)N1CCN(c2cccc(Cl)c2)CC1. The van der Waals surface area contributed by atoms with E-state index in [1.807, 2.05) is 38.1 Å². The molecular formula is C23H29ClN4O3. The lowest BCUT2D eigenvalue weighted by molar-refractivity contribution is -0.122. The van der Waals surface area contributed by atoms with E-state index in [-0.39, 0.29) is 30.0 Å². The molecule has 2 aromatic rings. The maximum absolute atomic E-state index is 13.3. The Morgan fingerprint density at radius 3 is 2.39 bits per heavy atom. The van der Waals surface area contributed by atoms with E-state index < -0.39 is 0 Å². The van der Waals surface area contributed by atoms with Gasteiger partial charge in [-0.05, 0) is 51.5 Å². The van der Waals surface area contributed by atoms with Crippen molar-refractivity contribution in [3.63, 3.8) is 0 Å². The van der Waals surface area contributed by atoms with Gasteiger partial charge in [0.15, 0.2) is 0 Å². The molecule has 7 nitrogen and oxygen atoms in total. The molecule has 31 heavy (non-hydrogen) atoms. The molecule has 1 N–H and O–H groups in total. The van der Waals surface area contributed by atoms with Gasteiger partial charge in [-0.2, -0.15) is 0 Å². The van der Waals surface area contributed by atoms with E-state index in [4.69, 9.17) is 11.6 Å². The Bertz CT molecular complexity index is 1040. The number of carbonyl (C=O) groups excluding carboxylic acids is 2. The maximum atomic E-state index is 13.3. The fourth-order valence-electron chi connectivity index (χ4n) is 3.95. The van der Waals surface area contributed by atoms with Crippen LogP contribution in [0.4, 0.5) is 5.69 Å². The monoisotopic (exact) mass is 444 g/mol. The van der Waals surface area contributed by atoms with Crippen molar-refractivity contribution in [1.82, 2.24) is 14.8 Å². The third-order valence-corrected chi connectivity index (χ3v) is 5.71. The van der Waals surface area contributed by atoms with Gasteiger partial charge >= 0.3 is 0 Å². The Balaban J connectivity index is 1.78. The Hall–Kier alpha value is -2.80. The second-order valence-corrected chi connectivity index (χ2v) is 8.63. The van der Waals surface area contributed by atoms with Gasteiger partial charge in [0.25, 0.3) is 11.5 Å². The predicted octanol–water partition coefficient (Wildman–Crippen LogP) is 2.61. The van der Waals surface area contributed by atoms with E-state index in [1.165, 1.54) is 10.6 Å². The number of carbonyl (C=O) groups is 2. The average Bonchev–Trinajstić information content (AvgIpc) is 2.70. The van der Waals surface area contributed by atoms with Gasteiger partial charge in [-0.1, -0.05) is 17.7 Å². The topological polar surface area (TPSA) is 74.6 Å². The molecule has 1 saturated heterocycles. The van der Waals surface area contributed by atoms with Gasteiger partial charge in [0.2, 0.25) is 5.91 Å². The van der Waals surface area contributed by atoms with Crippen molar-refractivity contribution >= 4 is 29.1 Å². The first-order chi connectivity index (χ1) is 14.7. The molecule has 8 heteroatoms. The first kappa shape index (κ1) is 22.9. The third-order valence-electron chi connectivity index (χ3n) is 5.47. The first-order valence-electron chi connectivity index (χ1n) is 10.5. The number of nitrogens with one attached hydrogen (secondary N) is 1. The number of hydrogen-bond acceptors (Lipinski definition) is 4. The zero-order valence-electron chi connectivity index (χ0n) is 18.4. The van der Waals surface area contributed by atoms with Crippen molar-refractivity contribution < 1.29 is 9.59 Å². The second-order valence-electron chi connectivity index (χ2n) is 8.19. The van der Waals surface area contributed by atoms with E-state index in [9.17, 15) is 14.4 Å². The largest absolute Gasteiger partial charge is 0.368 e. The van der Waals surface area contributed by atoms with Crippen LogP contribution in [0.3, 0.4) is 0 Å². The van der Waals surface area contributed by atoms with Crippen LogP contribution in [0.15, 0.2) is 35.1 Å². The van der Waals surface area contributed by atoms with Crippen LogP contribution in [0.2, 0.25) is 5.02 Å². The highest BCUT2D eigenvalue weighted by Crippen LogP contribution is 2.22. The van der Waals surface area contributed by atoms with Gasteiger partial charge in [-0.3, -0.25) is 14.4 Å². The zero-order valence-corrected chi connectivity index (χ0v) is 19.2. The minimum Gasteiger partial charge on any atom is -0.368 e. The van der Waals surface area contributed by atoms with E-state index >= 15 is 0 Å². The molecule has 2 amide bonds. The average molecular weight is 445 g/mol. The number of aryl methyl sites for hydroxylation is 1. The molecule has 1 aliphatic rings. The van der Waals surface area contributed by atoms with Crippen molar-refractivity contribution in [2.24, 2.45) is 0 Å². The summed E-state index contributed by atoms with van der Waals surface area (Å²) < 4.78 is 1.38. The van der Waals surface area contributed by atoms with Crippen LogP contribution >= 0.6 is 11.6 Å². The molecule has 0 bridgehead atoms. The fourth-order valence-corrected chi connectivity index (χ4v) is 4.14. The molecule has 0 atom stereocenters. The van der Waals surface area contributed by atoms with Crippen molar-refractivity contribution in [2.75, 3.05) is 31.1 Å². The molecule has 0 aliphatic carbocycles. The molecule has 166 valence electrons. The Labute approximate surface area is 187 Å². The maximum Gasteiger partial charge on any atom is 0.256 e. The molecule has 1 aromatic carbocycles. The van der Waals surface area contributed by atoms with E-state index in [2.05, 4.69) is 10.2 Å². The van der Waals surface area contributed by atoms with Crippen LogP contribution in [0, 0.1) is 13.8 Å². The van der Waals surface area contributed by atoms with E-state index in [0.717, 1.165) is 5.69 Å². The normalized spacial score (nSPS) is 14.1. The lowest BCUT2D eigenvalue weighted by atomic mass is 10.1. The first-order valence-corrected chi connectivity index (χ1v) is 10.9. The van der Waals surface area contributed by atoms with Gasteiger partial charge in [0.1, 0.15) is 6.54 Å². The summed E-state index contributed by atoms with van der Waals surface area (Å²) in [5.74, 6) is -0.364. The number of aromatic nitrogens is 1. The predicted molar refractivity (Wildman–Crippen MR) is 123 cm³/mol. The zero-order chi connectivity index (χ0) is 22.7. The molecule has 3 rings (SSSR count). The lowest BCUT2D eigenvalue weighted by Crippen LogP contribution is -2.49. The smallest absolute Gasteiger partial charge is 0.256 e. The molecule has 0 unspecified atom stereocenters. The molecule has 2 heterocycles. The van der Waals surface area contributed by atoms with Crippen molar-refractivity contribution in [3.05, 3.63) is 62.5 Å². The minimum atomic E-state index is -0.281. The summed E-state index contributed by atoms with van der Waals surface area (Å²) >= 11 is 6.10. The molecule has 0 saturated carbocycles. The molecule has 1 aromatic heterocycles. The highest BCUT2D eigenvalue weighted by atomic mass is 35.5. The van der Waals surface area contributed by atoms with Crippen LogP contribution in [-0.2, 0) is 11.3 Å². The summed E-state index contributed by atoms with van der Waals surface area (Å²) in [6.07, 6.45) is 0. The van der Waals surface area contributed by atoms with E-state index in [0.29, 0.717) is 48.0 Å². The van der Waals surface area contributed by atoms with Gasteiger partial charge in [-0.25, -0.2) is 0 Å². The second kappa shape index (κ2) is 9.56. The summed E-state index contributed by atoms with van der Waals surface area (Å²) in [7, 11) is 0. The number of amides is 2. The molecule has 1 aliphatic heterocycles. The third kappa shape index (κ3) is 5.28. The lowest BCUT2D eigenvalue weighted by Gasteiger charge is -2.36. The Morgan fingerprint density at radius 1 is 1.10 bits per heavy atom. The van der Waals surface area contributed by atoms with Gasteiger partial charge in [0, 0.05) is 54.7 Å². The van der Waals surface area contributed by atoms with Crippen LogP contribution < -0.4 is 15.8 Å². The molecule has 0 spiro atoms. The van der Waals surface area contributed by atoms with Gasteiger partial charge in [0.05, 0.1) is 5.56 Å². The standard InChI is InChI=1S/C23H29ClN4O3/c1-15(2)25-20(29)14-28-17(4)22(16(3)12-21(28)30)23(31)27-10-8-26(9-11-27)19-7-5-6-18(24)13-19/h5-7,12-13,15H,8-11,14H2,1-4H3,(H,25,29). The summed E-state index contributed by atoms with van der Waals surface area (Å²) in [6.45, 7) is 9.64. The van der Waals surface area contributed by atoms with Crippen LogP contribution in [0.5, 0.6) is 0 Å². The van der Waals surface area contributed by atoms with Crippen molar-refractivity contribution in [1.29, 1.82) is 0 Å². The number of rotatable bonds is 5. The summed E-state index contributed by atoms with van der Waals surface area (Å²) in [6, 6.07) is 9.10. The van der Waals surface area contributed by atoms with Gasteiger partial charge < -0.3 is 19.7 Å². The number of piperazine rings is 1. The molecule has 1 fully saturated rings. The van der Waals surface area contributed by atoms with Crippen LogP contribution in [0.1, 0.15) is 35.5 Å². The fraction of sp³-hybridized carbons (Fsp3) is 0.435. The van der Waals surface area contributed by atoms with E-state index in [1.54, 1.807) is 18.7 Å². The van der Waals surface area contributed by atoms with Crippen molar-refractivity contribution in [2.45, 2.75) is 40.3 Å². The number of halogens is 1. The van der Waals surface area contributed by atoms with Crippen LogP contribution in [-0.4, -0.2) is 53.5 Å². The summed E-state index contributed by atoms with van der Waals surface area (Å²) in [5.41, 5.74) is 2.40. The highest BCUT2D eigenvalue weighted by Gasteiger charge is 2.26. The number of anilines is 1. The Kier molecular flexibility index (Phi) is 7.05. The number of benzene rings is 1. The quantitative estimate of drug-likeness (QED) is 0.769. The number of pyridine rings is 1. The van der Waals surface area contributed by atoms with Crippen molar-refractivity contribution in [3.8, 4) is 0 Å². The number of nitrogens with zero attached hydrogens (tertiary/aromatic N) is 3. The minimum absolute atomic E-state index is 0.0224. The molecule has 0 radical (unpaired) electrons. The Morgan fingerprint density at radius 2 is 1.77 bits per heavy atom. The summed E-state index contributed by atoms with van der Waals surface area (Å²) in [4.78, 5) is 42.1. The molecular weight excluding hydrogens is 416 g/mol. The van der Waals surface area contributed by atoms with Gasteiger partial charge in [-0.15, -0.1) is 0 Å². The van der Waals surface area contributed by atoms with Crippen LogP contribution in [0.25, 0.3) is 0 Å². The summed E-state index contributed by atoms with van der Waals surface area (Å²) in [5, 5.41) is 3.47.